The summed E-state index contributed by atoms with van der Waals surface area (Å²) in [6.45, 7) is 5.11. The molecule has 1 aliphatic rings. The Morgan fingerprint density at radius 1 is 1.18 bits per heavy atom. The zero-order chi connectivity index (χ0) is 25.1. The zero-order valence-electron chi connectivity index (χ0n) is 20.1. The first-order valence-electron chi connectivity index (χ1n) is 11.8. The van der Waals surface area contributed by atoms with Crippen molar-refractivity contribution in [1.82, 2.24) is 20.0 Å². The second-order valence-electron chi connectivity index (χ2n) is 8.75. The van der Waals surface area contributed by atoms with Gasteiger partial charge in [0.1, 0.15) is 12.4 Å². The van der Waals surface area contributed by atoms with Gasteiger partial charge < -0.3 is 25.8 Å². The van der Waals surface area contributed by atoms with Gasteiger partial charge in [0.2, 0.25) is 23.6 Å². The van der Waals surface area contributed by atoms with Crippen molar-refractivity contribution in [2.75, 3.05) is 45.8 Å². The number of carbonyl (C=O) groups excluding carboxylic acids is 4. The molecule has 0 saturated carbocycles. The van der Waals surface area contributed by atoms with Crippen molar-refractivity contribution in [1.29, 1.82) is 0 Å². The first kappa shape index (κ1) is 27.2. The summed E-state index contributed by atoms with van der Waals surface area (Å²) in [6.07, 6.45) is 2.34. The Hall–Kier alpha value is -3.01. The molecule has 0 spiro atoms. The maximum Gasteiger partial charge on any atom is 0.242 e. The van der Waals surface area contributed by atoms with Gasteiger partial charge >= 0.3 is 0 Å². The minimum Gasteiger partial charge on any atom is -0.368 e. The van der Waals surface area contributed by atoms with Gasteiger partial charge in [-0.1, -0.05) is 18.2 Å². The highest BCUT2D eigenvalue weighted by atomic mass is 19.1. The molecule has 0 atom stereocenters. The smallest absolute Gasteiger partial charge is 0.242 e. The maximum atomic E-state index is 13.7. The molecule has 0 bridgehead atoms. The number of primary amides is 1. The number of amides is 4. The molecule has 1 aromatic carbocycles. The Balaban J connectivity index is 1.85. The predicted octanol–water partition coefficient (Wildman–Crippen LogP) is 0.521. The molecule has 0 unspecified atom stereocenters. The lowest BCUT2D eigenvalue weighted by Crippen LogP contribution is -2.50. The fourth-order valence-electron chi connectivity index (χ4n) is 3.90. The number of carbonyl (C=O) groups is 4. The third-order valence-corrected chi connectivity index (χ3v) is 5.78. The van der Waals surface area contributed by atoms with Gasteiger partial charge in [-0.3, -0.25) is 19.2 Å². The molecular weight excluding hydrogens is 441 g/mol. The summed E-state index contributed by atoms with van der Waals surface area (Å²) in [4.78, 5) is 53.5. The number of nitrogens with one attached hydrogen (secondary N) is 1. The van der Waals surface area contributed by atoms with Crippen LogP contribution in [0.4, 0.5) is 4.39 Å². The van der Waals surface area contributed by atoms with Crippen molar-refractivity contribution in [3.05, 3.63) is 35.6 Å². The molecule has 1 saturated heterocycles. The van der Waals surface area contributed by atoms with E-state index in [9.17, 15) is 23.6 Å². The predicted molar refractivity (Wildman–Crippen MR) is 126 cm³/mol. The number of rotatable bonds is 14. The van der Waals surface area contributed by atoms with Crippen molar-refractivity contribution in [2.24, 2.45) is 5.73 Å². The molecule has 2 rings (SSSR count). The van der Waals surface area contributed by atoms with E-state index in [0.717, 1.165) is 6.42 Å². The topological polar surface area (TPSA) is 116 Å². The van der Waals surface area contributed by atoms with Crippen molar-refractivity contribution in [3.8, 4) is 0 Å². The molecule has 3 N–H and O–H groups in total. The fraction of sp³-hybridized carbons (Fsp3) is 0.583. The Labute approximate surface area is 200 Å². The van der Waals surface area contributed by atoms with Gasteiger partial charge in [0.25, 0.3) is 0 Å². The fourth-order valence-corrected chi connectivity index (χ4v) is 3.90. The van der Waals surface area contributed by atoms with E-state index in [2.05, 4.69) is 5.32 Å². The second-order valence-corrected chi connectivity index (χ2v) is 8.75. The molecule has 1 heterocycles. The van der Waals surface area contributed by atoms with Gasteiger partial charge in [0.15, 0.2) is 0 Å². The van der Waals surface area contributed by atoms with E-state index in [1.807, 2.05) is 13.8 Å². The van der Waals surface area contributed by atoms with Crippen molar-refractivity contribution >= 4 is 23.6 Å². The summed E-state index contributed by atoms with van der Waals surface area (Å²) in [5.41, 5.74) is 5.89. The maximum absolute atomic E-state index is 13.7. The minimum atomic E-state index is -0.636. The highest BCUT2D eigenvalue weighted by molar-refractivity contribution is 5.88. The molecule has 0 radical (unpaired) electrons. The van der Waals surface area contributed by atoms with Crippen LogP contribution in [0.3, 0.4) is 0 Å². The van der Waals surface area contributed by atoms with Crippen LogP contribution < -0.4 is 11.1 Å². The van der Waals surface area contributed by atoms with E-state index < -0.39 is 5.91 Å². The van der Waals surface area contributed by atoms with Crippen molar-refractivity contribution in [2.45, 2.75) is 45.6 Å². The van der Waals surface area contributed by atoms with Crippen LogP contribution in [0.5, 0.6) is 0 Å². The summed E-state index contributed by atoms with van der Waals surface area (Å²) < 4.78 is 13.7. The monoisotopic (exact) mass is 477 g/mol. The van der Waals surface area contributed by atoms with Crippen LogP contribution >= 0.6 is 0 Å². The average Bonchev–Trinajstić information content (AvgIpc) is 3.19. The zero-order valence-corrected chi connectivity index (χ0v) is 20.1. The third-order valence-electron chi connectivity index (χ3n) is 5.78. The van der Waals surface area contributed by atoms with E-state index in [-0.39, 0.29) is 55.8 Å². The SMILES string of the molecule is CC(C)N(CC(=O)N(CCCN1CCCC1=O)CC(N)=O)C(=O)CNCCc1ccccc1F. The van der Waals surface area contributed by atoms with Crippen LogP contribution in [0.15, 0.2) is 24.3 Å². The summed E-state index contributed by atoms with van der Waals surface area (Å²) in [5.74, 6) is -1.46. The highest BCUT2D eigenvalue weighted by Crippen LogP contribution is 2.10. The van der Waals surface area contributed by atoms with Crippen LogP contribution in [-0.4, -0.2) is 90.2 Å². The van der Waals surface area contributed by atoms with Crippen LogP contribution in [0, 0.1) is 5.82 Å². The molecule has 1 aromatic rings. The Morgan fingerprint density at radius 3 is 2.53 bits per heavy atom. The molecule has 0 aromatic heterocycles. The number of nitrogens with two attached hydrogens (primary N) is 1. The van der Waals surface area contributed by atoms with Gasteiger partial charge in [0, 0.05) is 32.1 Å². The third kappa shape index (κ3) is 8.74. The second kappa shape index (κ2) is 13.6. The highest BCUT2D eigenvalue weighted by Gasteiger charge is 2.25. The average molecular weight is 478 g/mol. The van der Waals surface area contributed by atoms with Crippen LogP contribution in [0.1, 0.15) is 38.7 Å². The van der Waals surface area contributed by atoms with Gasteiger partial charge in [-0.05, 0) is 51.3 Å². The van der Waals surface area contributed by atoms with Crippen LogP contribution in [0.2, 0.25) is 0 Å². The lowest BCUT2D eigenvalue weighted by molar-refractivity contribution is -0.142. The normalized spacial score (nSPS) is 13.4. The van der Waals surface area contributed by atoms with Crippen molar-refractivity contribution in [3.63, 3.8) is 0 Å². The Kier molecular flexibility index (Phi) is 10.9. The number of benzene rings is 1. The number of halogens is 1. The molecule has 1 aliphatic heterocycles. The van der Waals surface area contributed by atoms with Gasteiger partial charge in [-0.25, -0.2) is 4.39 Å². The largest absolute Gasteiger partial charge is 0.368 e. The van der Waals surface area contributed by atoms with E-state index in [1.165, 1.54) is 15.9 Å². The lowest BCUT2D eigenvalue weighted by atomic mass is 10.1. The summed E-state index contributed by atoms with van der Waals surface area (Å²) in [5, 5.41) is 3.01. The number of nitrogens with zero attached hydrogens (tertiary/aromatic N) is 3. The first-order valence-corrected chi connectivity index (χ1v) is 11.8. The Bertz CT molecular complexity index is 864. The van der Waals surface area contributed by atoms with Gasteiger partial charge in [-0.15, -0.1) is 0 Å². The van der Waals surface area contributed by atoms with Gasteiger partial charge in [-0.2, -0.15) is 0 Å². The number of likely N-dealkylation sites (tertiary alicyclic amines) is 1. The molecule has 188 valence electrons. The molecule has 9 nitrogen and oxygen atoms in total. The van der Waals surface area contributed by atoms with E-state index >= 15 is 0 Å². The molecular formula is C24H36FN5O4. The molecule has 0 aliphatic carbocycles. The van der Waals surface area contributed by atoms with Gasteiger partial charge in [0.05, 0.1) is 13.1 Å². The van der Waals surface area contributed by atoms with E-state index in [1.54, 1.807) is 23.1 Å². The lowest BCUT2D eigenvalue weighted by Gasteiger charge is -2.30. The molecule has 1 fully saturated rings. The number of hydrogen-bond donors (Lipinski definition) is 2. The molecule has 34 heavy (non-hydrogen) atoms. The van der Waals surface area contributed by atoms with E-state index in [0.29, 0.717) is 44.5 Å². The van der Waals surface area contributed by atoms with Crippen LogP contribution in [-0.2, 0) is 25.6 Å². The molecule has 4 amide bonds. The van der Waals surface area contributed by atoms with E-state index in [4.69, 9.17) is 5.73 Å². The minimum absolute atomic E-state index is 0.00675. The summed E-state index contributed by atoms with van der Waals surface area (Å²) in [6, 6.07) is 6.25. The van der Waals surface area contributed by atoms with Crippen LogP contribution in [0.25, 0.3) is 0 Å². The Morgan fingerprint density at radius 2 is 1.91 bits per heavy atom. The quantitative estimate of drug-likeness (QED) is 0.379. The number of hydrogen-bond acceptors (Lipinski definition) is 5. The summed E-state index contributed by atoms with van der Waals surface area (Å²) in [7, 11) is 0. The first-order chi connectivity index (χ1) is 16.2. The standard InChI is InChI=1S/C24H36FN5O4/c1-18(2)30(23(33)15-27-11-10-19-7-3-4-8-20(19)25)17-24(34)29(16-21(26)31)14-6-13-28-12-5-9-22(28)32/h3-4,7-8,18,27H,5-6,9-17H2,1-2H3,(H2,26,31). The van der Waals surface area contributed by atoms with Crippen molar-refractivity contribution < 1.29 is 23.6 Å². The molecule has 10 heteroatoms. The summed E-state index contributed by atoms with van der Waals surface area (Å²) >= 11 is 0.